The number of nitro benzene ring substituents is 1. The van der Waals surface area contributed by atoms with Crippen LogP contribution >= 0.6 is 0 Å². The molecule has 0 aromatic heterocycles. The molecule has 1 fully saturated rings. The minimum atomic E-state index is -4.75. The molecule has 2 aromatic rings. The monoisotopic (exact) mass is 451 g/mol. The molecule has 0 bridgehead atoms. The van der Waals surface area contributed by atoms with E-state index in [1.165, 1.54) is 4.90 Å². The van der Waals surface area contributed by atoms with Gasteiger partial charge in [0, 0.05) is 32.2 Å². The van der Waals surface area contributed by atoms with Crippen LogP contribution in [0.25, 0.3) is 0 Å². The number of alkyl halides is 3. The molecule has 0 saturated carbocycles. The van der Waals surface area contributed by atoms with Gasteiger partial charge in [0.15, 0.2) is 11.6 Å². The van der Waals surface area contributed by atoms with E-state index >= 15 is 0 Å². The lowest BCUT2D eigenvalue weighted by atomic mass is 10.1. The summed E-state index contributed by atoms with van der Waals surface area (Å²) in [4.78, 5) is 11.3. The lowest BCUT2D eigenvalue weighted by Crippen LogP contribution is -2.48. The maximum absolute atomic E-state index is 13.4. The molecule has 0 N–H and O–H groups in total. The summed E-state index contributed by atoms with van der Waals surface area (Å²) < 4.78 is 91.2. The van der Waals surface area contributed by atoms with Gasteiger partial charge in [-0.05, 0) is 30.3 Å². The fourth-order valence-corrected chi connectivity index (χ4v) is 4.50. The lowest BCUT2D eigenvalue weighted by Gasteiger charge is -2.35. The van der Waals surface area contributed by atoms with Crippen molar-refractivity contribution < 1.29 is 35.3 Å². The number of piperazine rings is 1. The first-order valence-electron chi connectivity index (χ1n) is 8.47. The second-order valence-electron chi connectivity index (χ2n) is 6.43. The molecule has 1 aliphatic rings. The summed E-state index contributed by atoms with van der Waals surface area (Å²) in [5.41, 5.74) is -1.99. The largest absolute Gasteiger partial charge is 0.416 e. The first-order valence-corrected chi connectivity index (χ1v) is 9.91. The Bertz CT molecular complexity index is 1080. The molecule has 0 amide bonds. The van der Waals surface area contributed by atoms with E-state index in [1.807, 2.05) is 0 Å². The number of sulfonamides is 1. The first-order chi connectivity index (χ1) is 13.9. The molecule has 0 atom stereocenters. The zero-order valence-electron chi connectivity index (χ0n) is 15.1. The van der Waals surface area contributed by atoms with Gasteiger partial charge in [-0.25, -0.2) is 17.2 Å². The lowest BCUT2D eigenvalue weighted by molar-refractivity contribution is -0.384. The molecule has 0 radical (unpaired) electrons. The Morgan fingerprint density at radius 2 is 1.57 bits per heavy atom. The van der Waals surface area contributed by atoms with Crippen LogP contribution in [0.15, 0.2) is 41.3 Å². The van der Waals surface area contributed by atoms with Crippen LogP contribution in [0.3, 0.4) is 0 Å². The quantitative estimate of drug-likeness (QED) is 0.404. The average molecular weight is 451 g/mol. The fourth-order valence-electron chi connectivity index (χ4n) is 3.07. The highest BCUT2D eigenvalue weighted by Gasteiger charge is 2.35. The molecule has 2 aromatic carbocycles. The van der Waals surface area contributed by atoms with E-state index in [2.05, 4.69) is 0 Å². The second-order valence-corrected chi connectivity index (χ2v) is 8.36. The van der Waals surface area contributed by atoms with E-state index in [9.17, 15) is 40.5 Å². The third-order valence-electron chi connectivity index (χ3n) is 4.61. The summed E-state index contributed by atoms with van der Waals surface area (Å²) in [6, 6.07) is 4.27. The maximum Gasteiger partial charge on any atom is 0.416 e. The van der Waals surface area contributed by atoms with Crippen LogP contribution in [-0.4, -0.2) is 43.8 Å². The van der Waals surface area contributed by atoms with Crippen molar-refractivity contribution in [3.05, 3.63) is 63.7 Å². The molecule has 0 aliphatic carbocycles. The Balaban J connectivity index is 1.81. The van der Waals surface area contributed by atoms with Crippen molar-refractivity contribution in [2.24, 2.45) is 0 Å². The van der Waals surface area contributed by atoms with Gasteiger partial charge < -0.3 is 4.90 Å². The van der Waals surface area contributed by atoms with Gasteiger partial charge in [-0.2, -0.15) is 17.5 Å². The molecular formula is C17H14F5N3O4S. The number of nitrogens with zero attached hydrogens (tertiary/aromatic N) is 3. The van der Waals surface area contributed by atoms with Gasteiger partial charge in [-0.3, -0.25) is 10.1 Å². The average Bonchev–Trinajstić information content (AvgIpc) is 2.69. The van der Waals surface area contributed by atoms with Gasteiger partial charge in [0.2, 0.25) is 10.0 Å². The van der Waals surface area contributed by atoms with E-state index < -0.39 is 48.9 Å². The van der Waals surface area contributed by atoms with Crippen molar-refractivity contribution in [3.8, 4) is 0 Å². The summed E-state index contributed by atoms with van der Waals surface area (Å²) in [5, 5.41) is 11.3. The Morgan fingerprint density at radius 3 is 2.10 bits per heavy atom. The Labute approximate surface area is 167 Å². The number of hydrogen-bond acceptors (Lipinski definition) is 5. The van der Waals surface area contributed by atoms with Crippen LogP contribution in [0.1, 0.15) is 5.56 Å². The SMILES string of the molecule is O=[N+]([O-])c1cc(C(F)(F)F)ccc1N1CCN(S(=O)(=O)c2ccc(F)c(F)c2)CC1. The summed E-state index contributed by atoms with van der Waals surface area (Å²) in [7, 11) is -4.14. The van der Waals surface area contributed by atoms with Crippen LogP contribution in [0, 0.1) is 21.7 Å². The number of anilines is 1. The fraction of sp³-hybridized carbons (Fsp3) is 0.294. The summed E-state index contributed by atoms with van der Waals surface area (Å²) in [6.07, 6.45) is -4.75. The molecule has 1 heterocycles. The zero-order valence-corrected chi connectivity index (χ0v) is 15.9. The van der Waals surface area contributed by atoms with Crippen molar-refractivity contribution in [1.82, 2.24) is 4.31 Å². The maximum atomic E-state index is 13.4. The van der Waals surface area contributed by atoms with Crippen molar-refractivity contribution in [2.45, 2.75) is 11.1 Å². The third kappa shape index (κ3) is 4.21. The van der Waals surface area contributed by atoms with Crippen LogP contribution in [0.4, 0.5) is 33.3 Å². The van der Waals surface area contributed by atoms with E-state index in [1.54, 1.807) is 0 Å². The van der Waals surface area contributed by atoms with Crippen LogP contribution in [0.5, 0.6) is 0 Å². The zero-order chi connectivity index (χ0) is 22.3. The van der Waals surface area contributed by atoms with Crippen molar-refractivity contribution >= 4 is 21.4 Å². The molecule has 1 saturated heterocycles. The van der Waals surface area contributed by atoms with Gasteiger partial charge in [0.25, 0.3) is 5.69 Å². The minimum absolute atomic E-state index is 0.0465. The molecule has 1 aliphatic heterocycles. The highest BCUT2D eigenvalue weighted by Crippen LogP contribution is 2.37. The van der Waals surface area contributed by atoms with E-state index in [0.29, 0.717) is 24.3 Å². The topological polar surface area (TPSA) is 83.8 Å². The number of rotatable bonds is 4. The molecule has 30 heavy (non-hydrogen) atoms. The number of halogens is 5. The van der Waals surface area contributed by atoms with Gasteiger partial charge >= 0.3 is 6.18 Å². The molecule has 13 heteroatoms. The molecule has 162 valence electrons. The molecule has 3 rings (SSSR count). The normalized spacial score (nSPS) is 16.0. The van der Waals surface area contributed by atoms with Crippen molar-refractivity contribution in [3.63, 3.8) is 0 Å². The smallest absolute Gasteiger partial charge is 0.363 e. The molecule has 0 spiro atoms. The second kappa shape index (κ2) is 7.80. The third-order valence-corrected chi connectivity index (χ3v) is 6.50. The van der Waals surface area contributed by atoms with Crippen LogP contribution in [-0.2, 0) is 16.2 Å². The Hall–Kier alpha value is -2.80. The number of hydrogen-bond donors (Lipinski definition) is 0. The van der Waals surface area contributed by atoms with Crippen molar-refractivity contribution in [2.75, 3.05) is 31.1 Å². The highest BCUT2D eigenvalue weighted by molar-refractivity contribution is 7.89. The van der Waals surface area contributed by atoms with E-state index in [-0.39, 0.29) is 31.9 Å². The number of nitro groups is 1. The molecule has 0 unspecified atom stereocenters. The van der Waals surface area contributed by atoms with E-state index in [0.717, 1.165) is 16.4 Å². The van der Waals surface area contributed by atoms with E-state index in [4.69, 9.17) is 0 Å². The van der Waals surface area contributed by atoms with Gasteiger partial charge in [-0.1, -0.05) is 0 Å². The molecular weight excluding hydrogens is 437 g/mol. The standard InChI is InChI=1S/C17H14F5N3O4S/c18-13-3-2-12(10-14(13)19)30(28,29)24-7-5-23(6-8-24)15-4-1-11(17(20,21)22)9-16(15)25(26)27/h1-4,9-10H,5-8H2. The summed E-state index contributed by atoms with van der Waals surface area (Å²) >= 11 is 0. The van der Waals surface area contributed by atoms with Gasteiger partial charge in [-0.15, -0.1) is 0 Å². The van der Waals surface area contributed by atoms with Crippen molar-refractivity contribution in [1.29, 1.82) is 0 Å². The predicted octanol–water partition coefficient (Wildman–Crippen LogP) is 3.40. The van der Waals surface area contributed by atoms with Crippen LogP contribution < -0.4 is 4.90 Å². The molecule has 7 nitrogen and oxygen atoms in total. The predicted molar refractivity (Wildman–Crippen MR) is 95.4 cm³/mol. The van der Waals surface area contributed by atoms with Gasteiger partial charge in [0.1, 0.15) is 5.69 Å². The number of benzene rings is 2. The summed E-state index contributed by atoms with van der Waals surface area (Å²) in [6.45, 7) is -0.400. The summed E-state index contributed by atoms with van der Waals surface area (Å²) in [5.74, 6) is -2.52. The minimum Gasteiger partial charge on any atom is -0.363 e. The Morgan fingerprint density at radius 1 is 0.933 bits per heavy atom. The Kier molecular flexibility index (Phi) is 5.69. The highest BCUT2D eigenvalue weighted by atomic mass is 32.2. The van der Waals surface area contributed by atoms with Crippen LogP contribution in [0.2, 0.25) is 0 Å². The van der Waals surface area contributed by atoms with Gasteiger partial charge in [0.05, 0.1) is 15.4 Å². The first kappa shape index (κ1) is 21.9.